The largest absolute Gasteiger partial charge is 0.416 e. The van der Waals surface area contributed by atoms with Gasteiger partial charge in [-0.3, -0.25) is 4.79 Å². The van der Waals surface area contributed by atoms with Crippen molar-refractivity contribution in [3.8, 4) is 0 Å². The van der Waals surface area contributed by atoms with Crippen molar-refractivity contribution in [2.75, 3.05) is 0 Å². The van der Waals surface area contributed by atoms with Crippen LogP contribution in [-0.4, -0.2) is 18.0 Å². The van der Waals surface area contributed by atoms with Crippen molar-refractivity contribution in [3.63, 3.8) is 0 Å². The van der Waals surface area contributed by atoms with Gasteiger partial charge >= 0.3 is 6.18 Å². The summed E-state index contributed by atoms with van der Waals surface area (Å²) in [7, 11) is 0. The summed E-state index contributed by atoms with van der Waals surface area (Å²) in [5.74, 6) is -0.0386. The minimum Gasteiger partial charge on any atom is -0.375 e. The van der Waals surface area contributed by atoms with Gasteiger partial charge in [0, 0.05) is 12.3 Å². The number of ketones is 1. The Morgan fingerprint density at radius 2 is 1.67 bits per heavy atom. The van der Waals surface area contributed by atoms with Crippen LogP contribution in [0, 0.1) is 11.8 Å². The summed E-state index contributed by atoms with van der Waals surface area (Å²) in [4.78, 5) is 12.4. The molecule has 2 rings (SSSR count). The average Bonchev–Trinajstić information content (AvgIpc) is 2.62. The Balaban J connectivity index is 2.06. The Kier molecular flexibility index (Phi) is 4.42. The summed E-state index contributed by atoms with van der Waals surface area (Å²) >= 11 is 0. The van der Waals surface area contributed by atoms with Gasteiger partial charge in [-0.1, -0.05) is 19.1 Å². The zero-order chi connectivity index (χ0) is 15.8. The molecule has 1 heterocycles. The van der Waals surface area contributed by atoms with Gasteiger partial charge in [0.15, 0.2) is 0 Å². The maximum atomic E-state index is 12.5. The van der Waals surface area contributed by atoms with E-state index in [0.717, 1.165) is 12.1 Å². The van der Waals surface area contributed by atoms with Gasteiger partial charge in [-0.15, -0.1) is 0 Å². The maximum absolute atomic E-state index is 12.5. The van der Waals surface area contributed by atoms with E-state index in [2.05, 4.69) is 0 Å². The van der Waals surface area contributed by atoms with Crippen molar-refractivity contribution in [2.24, 2.45) is 11.8 Å². The molecule has 0 aromatic heterocycles. The van der Waals surface area contributed by atoms with Gasteiger partial charge in [0.1, 0.15) is 5.78 Å². The molecule has 1 fully saturated rings. The molecule has 2 nitrogen and oxygen atoms in total. The first kappa shape index (κ1) is 16.0. The summed E-state index contributed by atoms with van der Waals surface area (Å²) in [6.07, 6.45) is -4.31. The van der Waals surface area contributed by atoms with Gasteiger partial charge in [0.25, 0.3) is 0 Å². The van der Waals surface area contributed by atoms with E-state index >= 15 is 0 Å². The fourth-order valence-corrected chi connectivity index (χ4v) is 2.95. The van der Waals surface area contributed by atoms with E-state index in [-0.39, 0.29) is 36.2 Å². The van der Waals surface area contributed by atoms with Crippen LogP contribution in [0.4, 0.5) is 13.2 Å². The molecular weight excluding hydrogens is 281 g/mol. The van der Waals surface area contributed by atoms with Crippen LogP contribution in [0.15, 0.2) is 24.3 Å². The van der Waals surface area contributed by atoms with Crippen molar-refractivity contribution < 1.29 is 22.7 Å². The first-order valence-electron chi connectivity index (χ1n) is 7.04. The molecular formula is C16H19F3O2. The van der Waals surface area contributed by atoms with Crippen molar-refractivity contribution in [1.29, 1.82) is 0 Å². The normalized spacial score (nSPS) is 29.6. The number of ether oxygens (including phenoxy) is 1. The van der Waals surface area contributed by atoms with E-state index in [0.29, 0.717) is 5.56 Å². The number of hydrogen-bond acceptors (Lipinski definition) is 2. The molecule has 0 radical (unpaired) electrons. The number of carbonyl (C=O) groups excluding carboxylic acids is 1. The van der Waals surface area contributed by atoms with Gasteiger partial charge in [-0.2, -0.15) is 13.2 Å². The van der Waals surface area contributed by atoms with E-state index in [4.69, 9.17) is 4.74 Å². The molecule has 4 unspecified atom stereocenters. The highest BCUT2D eigenvalue weighted by atomic mass is 19.4. The average molecular weight is 300 g/mol. The molecule has 0 amide bonds. The molecule has 1 saturated heterocycles. The standard InChI is InChI=1S/C16H19F3O2/c1-9-10(2)21-11(3)15(9)14(20)8-12-4-6-13(7-5-12)16(17,18)19/h4-7,9-11,15H,8H2,1-3H3. The second-order valence-electron chi connectivity index (χ2n) is 5.77. The molecule has 5 heteroatoms. The van der Waals surface area contributed by atoms with E-state index in [9.17, 15) is 18.0 Å². The topological polar surface area (TPSA) is 26.3 Å². The summed E-state index contributed by atoms with van der Waals surface area (Å²) in [6.45, 7) is 5.78. The van der Waals surface area contributed by atoms with Crippen LogP contribution in [0.1, 0.15) is 31.9 Å². The fourth-order valence-electron chi connectivity index (χ4n) is 2.95. The van der Waals surface area contributed by atoms with Crippen LogP contribution in [-0.2, 0) is 22.1 Å². The Morgan fingerprint density at radius 3 is 2.10 bits per heavy atom. The number of hydrogen-bond donors (Lipinski definition) is 0. The number of Topliss-reactive ketones (excluding diaryl/α,β-unsaturated/α-hetero) is 1. The number of alkyl halides is 3. The lowest BCUT2D eigenvalue weighted by Crippen LogP contribution is -2.28. The molecule has 0 saturated carbocycles. The minimum atomic E-state index is -4.35. The van der Waals surface area contributed by atoms with Crippen LogP contribution < -0.4 is 0 Å². The molecule has 116 valence electrons. The zero-order valence-corrected chi connectivity index (χ0v) is 12.3. The molecule has 0 aliphatic carbocycles. The lowest BCUT2D eigenvalue weighted by atomic mass is 9.84. The molecule has 0 N–H and O–H groups in total. The highest BCUT2D eigenvalue weighted by Gasteiger charge is 2.41. The Labute approximate surface area is 122 Å². The van der Waals surface area contributed by atoms with Crippen LogP contribution >= 0.6 is 0 Å². The summed E-state index contributed by atoms with van der Waals surface area (Å²) < 4.78 is 43.1. The Hall–Kier alpha value is -1.36. The maximum Gasteiger partial charge on any atom is 0.416 e. The van der Waals surface area contributed by atoms with Crippen molar-refractivity contribution in [2.45, 2.75) is 45.6 Å². The summed E-state index contributed by atoms with van der Waals surface area (Å²) in [5, 5.41) is 0. The smallest absolute Gasteiger partial charge is 0.375 e. The zero-order valence-electron chi connectivity index (χ0n) is 12.3. The third kappa shape index (κ3) is 3.46. The number of halogens is 3. The summed E-state index contributed by atoms with van der Waals surface area (Å²) in [6, 6.07) is 4.77. The summed E-state index contributed by atoms with van der Waals surface area (Å²) in [5.41, 5.74) is -0.0924. The van der Waals surface area contributed by atoms with Crippen LogP contribution in [0.3, 0.4) is 0 Å². The number of rotatable bonds is 3. The highest BCUT2D eigenvalue weighted by molar-refractivity contribution is 5.84. The monoisotopic (exact) mass is 300 g/mol. The molecule has 1 aromatic carbocycles. The van der Waals surface area contributed by atoms with Gasteiger partial charge in [0.05, 0.1) is 17.8 Å². The predicted molar refractivity (Wildman–Crippen MR) is 72.8 cm³/mol. The highest BCUT2D eigenvalue weighted by Crippen LogP contribution is 2.34. The second kappa shape index (κ2) is 5.79. The third-order valence-corrected chi connectivity index (χ3v) is 4.27. The first-order valence-corrected chi connectivity index (χ1v) is 7.04. The SMILES string of the molecule is CC1OC(C)C(C(=O)Cc2ccc(C(F)(F)F)cc2)C1C. The van der Waals surface area contributed by atoms with Gasteiger partial charge in [-0.25, -0.2) is 0 Å². The van der Waals surface area contributed by atoms with Crippen molar-refractivity contribution in [3.05, 3.63) is 35.4 Å². The Bertz CT molecular complexity index is 507. The first-order chi connectivity index (χ1) is 9.70. The lowest BCUT2D eigenvalue weighted by Gasteiger charge is -2.17. The molecule has 4 atom stereocenters. The third-order valence-electron chi connectivity index (χ3n) is 4.27. The lowest BCUT2D eigenvalue weighted by molar-refractivity contribution is -0.137. The van der Waals surface area contributed by atoms with Crippen molar-refractivity contribution >= 4 is 5.78 Å². The van der Waals surface area contributed by atoms with Crippen molar-refractivity contribution in [1.82, 2.24) is 0 Å². The quantitative estimate of drug-likeness (QED) is 0.847. The Morgan fingerprint density at radius 1 is 1.10 bits per heavy atom. The van der Waals surface area contributed by atoms with Crippen LogP contribution in [0.2, 0.25) is 0 Å². The van der Waals surface area contributed by atoms with Gasteiger partial charge in [-0.05, 0) is 37.5 Å². The van der Waals surface area contributed by atoms with Crippen LogP contribution in [0.5, 0.6) is 0 Å². The van der Waals surface area contributed by atoms with E-state index in [1.165, 1.54) is 12.1 Å². The fraction of sp³-hybridized carbons (Fsp3) is 0.562. The van der Waals surface area contributed by atoms with E-state index in [1.807, 2.05) is 20.8 Å². The molecule has 21 heavy (non-hydrogen) atoms. The van der Waals surface area contributed by atoms with Gasteiger partial charge < -0.3 is 4.74 Å². The second-order valence-corrected chi connectivity index (χ2v) is 5.77. The molecule has 1 aromatic rings. The minimum absolute atomic E-state index is 0.0270. The molecule has 0 bridgehead atoms. The number of benzene rings is 1. The van der Waals surface area contributed by atoms with Gasteiger partial charge in [0.2, 0.25) is 0 Å². The molecule has 1 aliphatic rings. The number of carbonyl (C=O) groups is 1. The molecule has 0 spiro atoms. The molecule has 1 aliphatic heterocycles. The van der Waals surface area contributed by atoms with E-state index in [1.54, 1.807) is 0 Å². The van der Waals surface area contributed by atoms with Crippen LogP contribution in [0.25, 0.3) is 0 Å². The van der Waals surface area contributed by atoms with E-state index < -0.39 is 11.7 Å². The predicted octanol–water partition coefficient (Wildman–Crippen LogP) is 3.88.